The minimum absolute atomic E-state index is 0.167. The first-order chi connectivity index (χ1) is 8.41. The fourth-order valence-electron chi connectivity index (χ4n) is 1.57. The van der Waals surface area contributed by atoms with Gasteiger partial charge in [-0.15, -0.1) is 0 Å². The lowest BCUT2D eigenvalue weighted by molar-refractivity contribution is 0.602. The van der Waals surface area contributed by atoms with Crippen molar-refractivity contribution in [1.29, 1.82) is 0 Å². The Bertz CT molecular complexity index is 679. The van der Waals surface area contributed by atoms with E-state index >= 15 is 0 Å². The van der Waals surface area contributed by atoms with Gasteiger partial charge in [-0.3, -0.25) is 0 Å². The first kappa shape index (κ1) is 13.1. The highest BCUT2D eigenvalue weighted by molar-refractivity contribution is 7.90. The number of hydrogen-bond donors (Lipinski definition) is 1. The van der Waals surface area contributed by atoms with Gasteiger partial charge in [0.15, 0.2) is 9.84 Å². The van der Waals surface area contributed by atoms with E-state index < -0.39 is 9.84 Å². The van der Waals surface area contributed by atoms with Crippen LogP contribution in [-0.4, -0.2) is 24.5 Å². The van der Waals surface area contributed by atoms with E-state index in [1.54, 1.807) is 18.2 Å². The van der Waals surface area contributed by atoms with E-state index in [0.717, 1.165) is 17.5 Å². The van der Waals surface area contributed by atoms with Crippen molar-refractivity contribution < 1.29 is 8.42 Å². The zero-order chi connectivity index (χ0) is 13.3. The predicted molar refractivity (Wildman–Crippen MR) is 69.6 cm³/mol. The van der Waals surface area contributed by atoms with Gasteiger partial charge in [-0.05, 0) is 23.8 Å². The summed E-state index contributed by atoms with van der Waals surface area (Å²) in [7, 11) is -3.26. The van der Waals surface area contributed by atoms with Crippen molar-refractivity contribution in [3.05, 3.63) is 41.2 Å². The van der Waals surface area contributed by atoms with Gasteiger partial charge in [0.2, 0.25) is 0 Å². The fraction of sp³-hybridized carbons (Fsp3) is 0.182. The Morgan fingerprint density at radius 2 is 2.17 bits per heavy atom. The van der Waals surface area contributed by atoms with Crippen molar-refractivity contribution in [2.24, 2.45) is 5.73 Å². The van der Waals surface area contributed by atoms with Crippen LogP contribution in [0.25, 0.3) is 5.69 Å². The summed E-state index contributed by atoms with van der Waals surface area (Å²) in [6, 6.07) is 5.19. The molecule has 0 radical (unpaired) electrons. The molecule has 0 fully saturated rings. The Labute approximate surface area is 110 Å². The average Bonchev–Trinajstić information content (AvgIpc) is 2.77. The van der Waals surface area contributed by atoms with Crippen LogP contribution in [0.2, 0.25) is 5.02 Å². The van der Waals surface area contributed by atoms with Crippen LogP contribution in [0.15, 0.2) is 35.5 Å². The fourth-order valence-corrected chi connectivity index (χ4v) is 2.30. The normalized spacial score (nSPS) is 11.7. The summed E-state index contributed by atoms with van der Waals surface area (Å²) in [4.78, 5) is 0.167. The maximum absolute atomic E-state index is 11.4. The number of aromatic nitrogens is 2. The second-order valence-corrected chi connectivity index (χ2v) is 6.32. The van der Waals surface area contributed by atoms with Crippen LogP contribution in [0.3, 0.4) is 0 Å². The molecule has 1 heterocycles. The molecule has 2 rings (SSSR count). The number of rotatable bonds is 3. The average molecular weight is 286 g/mol. The summed E-state index contributed by atoms with van der Waals surface area (Å²) in [5.41, 5.74) is 7.15. The van der Waals surface area contributed by atoms with E-state index in [0.29, 0.717) is 11.6 Å². The highest BCUT2D eigenvalue weighted by Crippen LogP contribution is 2.20. The third kappa shape index (κ3) is 2.55. The molecule has 0 atom stereocenters. The summed E-state index contributed by atoms with van der Waals surface area (Å²) in [5, 5.41) is 4.61. The Hall–Kier alpha value is -1.37. The number of halogens is 1. The van der Waals surface area contributed by atoms with Crippen LogP contribution in [0.1, 0.15) is 5.56 Å². The SMILES string of the molecule is CS(=O)(=O)c1cnn(-c2ccc(Cl)cc2CN)c1. The molecular weight excluding hydrogens is 274 g/mol. The van der Waals surface area contributed by atoms with Crippen LogP contribution in [0.4, 0.5) is 0 Å². The molecule has 0 saturated carbocycles. The molecule has 0 aliphatic heterocycles. The van der Waals surface area contributed by atoms with Gasteiger partial charge in [0, 0.05) is 24.0 Å². The molecule has 0 unspecified atom stereocenters. The van der Waals surface area contributed by atoms with Crippen molar-refractivity contribution in [3.8, 4) is 5.69 Å². The molecule has 1 aromatic heterocycles. The van der Waals surface area contributed by atoms with Gasteiger partial charge in [0.05, 0.1) is 11.9 Å². The molecule has 96 valence electrons. The van der Waals surface area contributed by atoms with Crippen molar-refractivity contribution in [2.45, 2.75) is 11.4 Å². The number of nitrogens with two attached hydrogens (primary N) is 1. The molecule has 2 N–H and O–H groups in total. The first-order valence-corrected chi connectivity index (χ1v) is 7.42. The first-order valence-electron chi connectivity index (χ1n) is 5.15. The maximum atomic E-state index is 11.4. The number of nitrogens with zero attached hydrogens (tertiary/aromatic N) is 2. The molecule has 0 aliphatic rings. The van der Waals surface area contributed by atoms with Crippen molar-refractivity contribution in [1.82, 2.24) is 9.78 Å². The lowest BCUT2D eigenvalue weighted by atomic mass is 10.2. The van der Waals surface area contributed by atoms with E-state index in [2.05, 4.69) is 5.10 Å². The van der Waals surface area contributed by atoms with E-state index in [4.69, 9.17) is 17.3 Å². The molecule has 0 aliphatic carbocycles. The quantitative estimate of drug-likeness (QED) is 0.924. The van der Waals surface area contributed by atoms with Gasteiger partial charge in [-0.1, -0.05) is 11.6 Å². The Morgan fingerprint density at radius 1 is 1.44 bits per heavy atom. The van der Waals surface area contributed by atoms with Gasteiger partial charge >= 0.3 is 0 Å². The molecule has 0 bridgehead atoms. The maximum Gasteiger partial charge on any atom is 0.178 e. The second-order valence-electron chi connectivity index (χ2n) is 3.87. The van der Waals surface area contributed by atoms with E-state index in [1.807, 2.05) is 0 Å². The zero-order valence-corrected chi connectivity index (χ0v) is 11.2. The smallest absolute Gasteiger partial charge is 0.178 e. The van der Waals surface area contributed by atoms with E-state index in [1.165, 1.54) is 17.1 Å². The Balaban J connectivity index is 2.53. The summed E-state index contributed by atoms with van der Waals surface area (Å²) in [6.45, 7) is 0.296. The van der Waals surface area contributed by atoms with Gasteiger partial charge in [-0.2, -0.15) is 5.10 Å². The van der Waals surface area contributed by atoms with Crippen LogP contribution in [-0.2, 0) is 16.4 Å². The van der Waals surface area contributed by atoms with Gasteiger partial charge in [0.25, 0.3) is 0 Å². The molecule has 1 aromatic carbocycles. The summed E-state index contributed by atoms with van der Waals surface area (Å²) >= 11 is 5.88. The van der Waals surface area contributed by atoms with Gasteiger partial charge in [-0.25, -0.2) is 13.1 Å². The van der Waals surface area contributed by atoms with Crippen molar-refractivity contribution in [2.75, 3.05) is 6.26 Å². The molecule has 7 heteroatoms. The molecule has 2 aromatic rings. The summed E-state index contributed by atoms with van der Waals surface area (Å²) < 4.78 is 24.3. The van der Waals surface area contributed by atoms with Crippen LogP contribution < -0.4 is 5.73 Å². The van der Waals surface area contributed by atoms with Crippen LogP contribution in [0.5, 0.6) is 0 Å². The molecule has 0 spiro atoms. The van der Waals surface area contributed by atoms with Gasteiger partial charge in [0.1, 0.15) is 4.90 Å². The monoisotopic (exact) mass is 285 g/mol. The molecule has 0 saturated heterocycles. The third-order valence-corrected chi connectivity index (χ3v) is 3.80. The van der Waals surface area contributed by atoms with E-state index in [9.17, 15) is 8.42 Å². The van der Waals surface area contributed by atoms with Crippen LogP contribution >= 0.6 is 11.6 Å². The standard InChI is InChI=1S/C11H12ClN3O2S/c1-18(16,17)10-6-14-15(7-10)11-3-2-9(12)4-8(11)5-13/h2-4,6-7H,5,13H2,1H3. The molecular formula is C11H12ClN3O2S. The topological polar surface area (TPSA) is 78.0 Å². The Kier molecular flexibility index (Phi) is 3.43. The largest absolute Gasteiger partial charge is 0.326 e. The Morgan fingerprint density at radius 3 is 2.72 bits per heavy atom. The number of benzene rings is 1. The number of sulfone groups is 1. The zero-order valence-electron chi connectivity index (χ0n) is 9.67. The summed E-state index contributed by atoms with van der Waals surface area (Å²) in [5.74, 6) is 0. The van der Waals surface area contributed by atoms with Crippen molar-refractivity contribution in [3.63, 3.8) is 0 Å². The summed E-state index contributed by atoms with van der Waals surface area (Å²) in [6.07, 6.45) is 3.90. The third-order valence-electron chi connectivity index (χ3n) is 2.50. The minimum Gasteiger partial charge on any atom is -0.326 e. The molecule has 0 amide bonds. The highest BCUT2D eigenvalue weighted by Gasteiger charge is 2.12. The molecule has 5 nitrogen and oxygen atoms in total. The van der Waals surface area contributed by atoms with Crippen molar-refractivity contribution >= 4 is 21.4 Å². The van der Waals surface area contributed by atoms with Gasteiger partial charge < -0.3 is 5.73 Å². The predicted octanol–water partition coefficient (Wildman–Crippen LogP) is 1.39. The lowest BCUT2D eigenvalue weighted by Crippen LogP contribution is -2.05. The minimum atomic E-state index is -3.26. The highest BCUT2D eigenvalue weighted by atomic mass is 35.5. The van der Waals surface area contributed by atoms with E-state index in [-0.39, 0.29) is 4.90 Å². The van der Waals surface area contributed by atoms with Crippen LogP contribution in [0, 0.1) is 0 Å². The lowest BCUT2D eigenvalue weighted by Gasteiger charge is -2.07. The molecule has 18 heavy (non-hydrogen) atoms. The second kappa shape index (κ2) is 4.72. The number of hydrogen-bond acceptors (Lipinski definition) is 4.